The van der Waals surface area contributed by atoms with Gasteiger partial charge in [0.2, 0.25) is 0 Å². The van der Waals surface area contributed by atoms with E-state index in [-0.39, 0.29) is 12.4 Å². The molecule has 0 aliphatic carbocycles. The fourth-order valence-electron chi connectivity index (χ4n) is 1.51. The van der Waals surface area contributed by atoms with E-state index in [0.717, 1.165) is 17.5 Å². The average molecular weight is 211 g/mol. The van der Waals surface area contributed by atoms with Crippen molar-refractivity contribution in [2.24, 2.45) is 5.73 Å². The monoisotopic (exact) mass is 211 g/mol. The molecule has 0 spiro atoms. The summed E-state index contributed by atoms with van der Waals surface area (Å²) < 4.78 is 13.2. The summed E-state index contributed by atoms with van der Waals surface area (Å²) in [5.41, 5.74) is 7.09. The number of benzene rings is 1. The summed E-state index contributed by atoms with van der Waals surface area (Å²) in [5, 5.41) is 9.30. The van der Waals surface area contributed by atoms with Gasteiger partial charge in [-0.25, -0.2) is 4.39 Å². The third kappa shape index (κ3) is 3.61. The maximum absolute atomic E-state index is 13.2. The van der Waals surface area contributed by atoms with Crippen LogP contribution in [0.25, 0.3) is 0 Å². The Labute approximate surface area is 89.9 Å². The van der Waals surface area contributed by atoms with E-state index in [1.54, 1.807) is 6.07 Å². The Morgan fingerprint density at radius 1 is 1.47 bits per heavy atom. The summed E-state index contributed by atoms with van der Waals surface area (Å²) in [5.74, 6) is -0.152. The third-order valence-electron chi connectivity index (χ3n) is 2.53. The second kappa shape index (κ2) is 5.83. The Balaban J connectivity index is 2.62. The van der Waals surface area contributed by atoms with Gasteiger partial charge in [-0.3, -0.25) is 0 Å². The maximum atomic E-state index is 13.2. The number of hydrogen-bond acceptors (Lipinski definition) is 2. The molecule has 0 fully saturated rings. The van der Waals surface area contributed by atoms with Crippen molar-refractivity contribution in [3.8, 4) is 0 Å². The first-order valence-electron chi connectivity index (χ1n) is 5.32. The van der Waals surface area contributed by atoms with E-state index in [2.05, 4.69) is 0 Å². The SMILES string of the molecule is CCc1cc(CCC(O)CN)ccc1F. The van der Waals surface area contributed by atoms with Crippen molar-refractivity contribution in [3.63, 3.8) is 0 Å². The van der Waals surface area contributed by atoms with Crippen molar-refractivity contribution in [3.05, 3.63) is 35.1 Å². The molecule has 0 saturated carbocycles. The van der Waals surface area contributed by atoms with Gasteiger partial charge < -0.3 is 10.8 Å². The van der Waals surface area contributed by atoms with Crippen molar-refractivity contribution >= 4 is 0 Å². The van der Waals surface area contributed by atoms with Gasteiger partial charge in [0.25, 0.3) is 0 Å². The number of nitrogens with two attached hydrogens (primary N) is 1. The highest BCUT2D eigenvalue weighted by Crippen LogP contribution is 2.13. The predicted molar refractivity (Wildman–Crippen MR) is 59.2 cm³/mol. The lowest BCUT2D eigenvalue weighted by atomic mass is 10.0. The molecule has 1 aromatic rings. The first-order chi connectivity index (χ1) is 7.17. The second-order valence-electron chi connectivity index (χ2n) is 3.71. The van der Waals surface area contributed by atoms with Crippen LogP contribution < -0.4 is 5.73 Å². The molecule has 3 heteroatoms. The number of rotatable bonds is 5. The number of halogens is 1. The summed E-state index contributed by atoms with van der Waals surface area (Å²) in [6.07, 6.45) is 1.61. The standard InChI is InChI=1S/C12H18FNO/c1-2-10-7-9(4-6-12(10)13)3-5-11(15)8-14/h4,6-7,11,15H,2-3,5,8,14H2,1H3. The molecule has 0 aromatic heterocycles. The van der Waals surface area contributed by atoms with Crippen molar-refractivity contribution in [1.82, 2.24) is 0 Å². The highest BCUT2D eigenvalue weighted by Gasteiger charge is 2.04. The zero-order valence-electron chi connectivity index (χ0n) is 9.04. The summed E-state index contributed by atoms with van der Waals surface area (Å²) in [7, 11) is 0. The van der Waals surface area contributed by atoms with Gasteiger partial charge in [0, 0.05) is 6.54 Å². The molecule has 0 bridgehead atoms. The van der Waals surface area contributed by atoms with E-state index in [1.165, 1.54) is 6.07 Å². The first-order valence-corrected chi connectivity index (χ1v) is 5.32. The van der Waals surface area contributed by atoms with Gasteiger partial charge in [-0.05, 0) is 36.5 Å². The summed E-state index contributed by atoms with van der Waals surface area (Å²) in [4.78, 5) is 0. The molecule has 1 aromatic carbocycles. The zero-order chi connectivity index (χ0) is 11.3. The average Bonchev–Trinajstić information content (AvgIpc) is 2.27. The number of aryl methyl sites for hydroxylation is 2. The second-order valence-corrected chi connectivity index (χ2v) is 3.71. The van der Waals surface area contributed by atoms with Crippen LogP contribution in [0.5, 0.6) is 0 Å². The molecule has 3 N–H and O–H groups in total. The molecular weight excluding hydrogens is 193 g/mol. The van der Waals surface area contributed by atoms with Crippen LogP contribution in [0.3, 0.4) is 0 Å². The smallest absolute Gasteiger partial charge is 0.126 e. The lowest BCUT2D eigenvalue weighted by Gasteiger charge is -2.08. The third-order valence-corrected chi connectivity index (χ3v) is 2.53. The summed E-state index contributed by atoms with van der Waals surface area (Å²) in [6.45, 7) is 2.21. The molecule has 0 aliphatic heterocycles. The van der Waals surface area contributed by atoms with E-state index >= 15 is 0 Å². The lowest BCUT2D eigenvalue weighted by molar-refractivity contribution is 0.173. The summed E-state index contributed by atoms with van der Waals surface area (Å²) >= 11 is 0. The van der Waals surface area contributed by atoms with Crippen LogP contribution in [0, 0.1) is 5.82 Å². The van der Waals surface area contributed by atoms with Gasteiger partial charge in [0.15, 0.2) is 0 Å². The molecule has 1 unspecified atom stereocenters. The number of aliphatic hydroxyl groups is 1. The summed E-state index contributed by atoms with van der Waals surface area (Å²) in [6, 6.07) is 5.11. The van der Waals surface area contributed by atoms with Crippen LogP contribution in [-0.4, -0.2) is 17.8 Å². The van der Waals surface area contributed by atoms with Crippen molar-refractivity contribution in [1.29, 1.82) is 0 Å². The van der Waals surface area contributed by atoms with Crippen molar-refractivity contribution < 1.29 is 9.50 Å². The molecule has 84 valence electrons. The lowest BCUT2D eigenvalue weighted by Crippen LogP contribution is -2.20. The van der Waals surface area contributed by atoms with Gasteiger partial charge in [0.05, 0.1) is 6.10 Å². The Bertz CT molecular complexity index is 314. The minimum absolute atomic E-state index is 0.152. The van der Waals surface area contributed by atoms with E-state index in [4.69, 9.17) is 5.73 Å². The predicted octanol–water partition coefficient (Wildman–Crippen LogP) is 1.64. The fraction of sp³-hybridized carbons (Fsp3) is 0.500. The molecule has 1 atom stereocenters. The van der Waals surface area contributed by atoms with E-state index in [0.29, 0.717) is 12.8 Å². The minimum atomic E-state index is -0.458. The molecule has 15 heavy (non-hydrogen) atoms. The van der Waals surface area contributed by atoms with E-state index in [1.807, 2.05) is 13.0 Å². The van der Waals surface area contributed by atoms with Gasteiger partial charge >= 0.3 is 0 Å². The topological polar surface area (TPSA) is 46.2 Å². The van der Waals surface area contributed by atoms with Crippen LogP contribution in [0.4, 0.5) is 4.39 Å². The van der Waals surface area contributed by atoms with E-state index < -0.39 is 6.10 Å². The van der Waals surface area contributed by atoms with Gasteiger partial charge in [-0.15, -0.1) is 0 Å². The fourth-order valence-corrected chi connectivity index (χ4v) is 1.51. The van der Waals surface area contributed by atoms with Crippen molar-refractivity contribution in [2.75, 3.05) is 6.54 Å². The highest BCUT2D eigenvalue weighted by molar-refractivity contribution is 5.25. The van der Waals surface area contributed by atoms with Crippen LogP contribution in [-0.2, 0) is 12.8 Å². The van der Waals surface area contributed by atoms with Gasteiger partial charge in [0.1, 0.15) is 5.82 Å². The van der Waals surface area contributed by atoms with Crippen LogP contribution in [0.2, 0.25) is 0 Å². The van der Waals surface area contributed by atoms with Crippen LogP contribution >= 0.6 is 0 Å². The van der Waals surface area contributed by atoms with E-state index in [9.17, 15) is 9.50 Å². The number of aliphatic hydroxyl groups excluding tert-OH is 1. The first kappa shape index (κ1) is 12.1. The molecular formula is C12H18FNO. The Morgan fingerprint density at radius 2 is 2.20 bits per heavy atom. The zero-order valence-corrected chi connectivity index (χ0v) is 9.04. The normalized spacial score (nSPS) is 12.8. The molecule has 1 rings (SSSR count). The molecule has 0 heterocycles. The quantitative estimate of drug-likeness (QED) is 0.777. The molecule has 0 radical (unpaired) electrons. The van der Waals surface area contributed by atoms with Crippen molar-refractivity contribution in [2.45, 2.75) is 32.3 Å². The largest absolute Gasteiger partial charge is 0.392 e. The molecule has 0 aliphatic rings. The Kier molecular flexibility index (Phi) is 4.72. The van der Waals surface area contributed by atoms with Gasteiger partial charge in [-0.1, -0.05) is 19.1 Å². The molecule has 0 saturated heterocycles. The van der Waals surface area contributed by atoms with Crippen LogP contribution in [0.15, 0.2) is 18.2 Å². The Morgan fingerprint density at radius 3 is 2.80 bits per heavy atom. The maximum Gasteiger partial charge on any atom is 0.126 e. The highest BCUT2D eigenvalue weighted by atomic mass is 19.1. The minimum Gasteiger partial charge on any atom is -0.392 e. The molecule has 0 amide bonds. The molecule has 2 nitrogen and oxygen atoms in total. The van der Waals surface area contributed by atoms with Gasteiger partial charge in [-0.2, -0.15) is 0 Å². The Hall–Kier alpha value is -0.930. The number of hydrogen-bond donors (Lipinski definition) is 2. The van der Waals surface area contributed by atoms with Crippen LogP contribution in [0.1, 0.15) is 24.5 Å².